The molecule has 0 amide bonds. The number of rotatable bonds is 4. The lowest BCUT2D eigenvalue weighted by Gasteiger charge is -2.09. The smallest absolute Gasteiger partial charge is 0.238 e. The van der Waals surface area contributed by atoms with Gasteiger partial charge in [-0.2, -0.15) is 0 Å². The van der Waals surface area contributed by atoms with Crippen LogP contribution in [0.5, 0.6) is 11.6 Å². The molecule has 0 aliphatic rings. The molecule has 106 valence electrons. The summed E-state index contributed by atoms with van der Waals surface area (Å²) in [5.74, 6) is -0.891. The maximum absolute atomic E-state index is 13.8. The first kappa shape index (κ1) is 14.4. The van der Waals surface area contributed by atoms with Crippen LogP contribution in [0.2, 0.25) is 0 Å². The quantitative estimate of drug-likeness (QED) is 0.931. The Balaban J connectivity index is 2.41. The standard InChI is InChI=1S/C13H13FN2O3S/c1-20(17,18)12-3-2-6-16-13(12)19-11-5-4-9(8-15)7-10(11)14/h2-7H,8,15H2,1H3. The summed E-state index contributed by atoms with van der Waals surface area (Å²) in [6.07, 6.45) is 2.40. The molecule has 20 heavy (non-hydrogen) atoms. The minimum Gasteiger partial charge on any atom is -0.435 e. The fraction of sp³-hybridized carbons (Fsp3) is 0.154. The molecule has 0 bridgehead atoms. The molecular weight excluding hydrogens is 283 g/mol. The van der Waals surface area contributed by atoms with E-state index in [0.29, 0.717) is 5.56 Å². The SMILES string of the molecule is CS(=O)(=O)c1cccnc1Oc1ccc(CN)cc1F. The fourth-order valence-corrected chi connectivity index (χ4v) is 2.33. The van der Waals surface area contributed by atoms with Crippen molar-refractivity contribution in [2.45, 2.75) is 11.4 Å². The molecule has 2 aromatic rings. The van der Waals surface area contributed by atoms with Crippen LogP contribution >= 0.6 is 0 Å². The molecule has 1 heterocycles. The number of ether oxygens (including phenoxy) is 1. The van der Waals surface area contributed by atoms with E-state index in [2.05, 4.69) is 4.98 Å². The number of pyridine rings is 1. The van der Waals surface area contributed by atoms with Gasteiger partial charge in [0, 0.05) is 19.0 Å². The summed E-state index contributed by atoms with van der Waals surface area (Å²) in [7, 11) is -3.51. The van der Waals surface area contributed by atoms with Crippen molar-refractivity contribution in [1.82, 2.24) is 4.98 Å². The third kappa shape index (κ3) is 3.12. The van der Waals surface area contributed by atoms with Crippen LogP contribution in [0.3, 0.4) is 0 Å². The Hall–Kier alpha value is -1.99. The van der Waals surface area contributed by atoms with Crippen molar-refractivity contribution >= 4 is 9.84 Å². The molecule has 0 fully saturated rings. The number of hydrogen-bond acceptors (Lipinski definition) is 5. The highest BCUT2D eigenvalue weighted by Crippen LogP contribution is 2.28. The Morgan fingerprint density at radius 2 is 2.10 bits per heavy atom. The number of sulfone groups is 1. The normalized spacial score (nSPS) is 11.3. The van der Waals surface area contributed by atoms with Crippen molar-refractivity contribution in [3.05, 3.63) is 47.9 Å². The zero-order valence-corrected chi connectivity index (χ0v) is 11.5. The molecule has 7 heteroatoms. The van der Waals surface area contributed by atoms with E-state index >= 15 is 0 Å². The van der Waals surface area contributed by atoms with Gasteiger partial charge in [0.05, 0.1) is 0 Å². The van der Waals surface area contributed by atoms with Gasteiger partial charge in [-0.3, -0.25) is 0 Å². The summed E-state index contributed by atoms with van der Waals surface area (Å²) >= 11 is 0. The Labute approximate surface area is 116 Å². The predicted octanol–water partition coefficient (Wildman–Crippen LogP) is 1.88. The second kappa shape index (κ2) is 5.56. The topological polar surface area (TPSA) is 82.3 Å². The molecule has 0 aliphatic carbocycles. The summed E-state index contributed by atoms with van der Waals surface area (Å²) in [5, 5.41) is 0. The van der Waals surface area contributed by atoms with E-state index in [9.17, 15) is 12.8 Å². The van der Waals surface area contributed by atoms with Crippen molar-refractivity contribution in [1.29, 1.82) is 0 Å². The van der Waals surface area contributed by atoms with Gasteiger partial charge >= 0.3 is 0 Å². The van der Waals surface area contributed by atoms with Gasteiger partial charge in [-0.1, -0.05) is 6.07 Å². The maximum atomic E-state index is 13.8. The van der Waals surface area contributed by atoms with E-state index in [1.807, 2.05) is 0 Å². The third-order valence-electron chi connectivity index (χ3n) is 2.57. The Morgan fingerprint density at radius 1 is 1.35 bits per heavy atom. The zero-order chi connectivity index (χ0) is 14.8. The van der Waals surface area contributed by atoms with Crippen LogP contribution in [-0.4, -0.2) is 19.7 Å². The first-order valence-electron chi connectivity index (χ1n) is 5.73. The number of nitrogens with two attached hydrogens (primary N) is 1. The average molecular weight is 296 g/mol. The first-order chi connectivity index (χ1) is 9.41. The van der Waals surface area contributed by atoms with Crippen molar-refractivity contribution in [2.75, 3.05) is 6.26 Å². The molecule has 0 unspecified atom stereocenters. The molecule has 2 N–H and O–H groups in total. The average Bonchev–Trinajstić information content (AvgIpc) is 2.40. The van der Waals surface area contributed by atoms with Crippen molar-refractivity contribution in [2.24, 2.45) is 5.73 Å². The number of nitrogens with zero attached hydrogens (tertiary/aromatic N) is 1. The minimum atomic E-state index is -3.51. The van der Waals surface area contributed by atoms with Gasteiger partial charge in [-0.05, 0) is 29.8 Å². The summed E-state index contributed by atoms with van der Waals surface area (Å²) in [6.45, 7) is 0.204. The molecule has 0 atom stereocenters. The summed E-state index contributed by atoms with van der Waals surface area (Å²) in [5.41, 5.74) is 6.01. The minimum absolute atomic E-state index is 0.0951. The van der Waals surface area contributed by atoms with Gasteiger partial charge in [0.15, 0.2) is 21.4 Å². The lowest BCUT2D eigenvalue weighted by atomic mass is 10.2. The molecule has 1 aromatic carbocycles. The van der Waals surface area contributed by atoms with Crippen LogP contribution < -0.4 is 10.5 Å². The highest BCUT2D eigenvalue weighted by Gasteiger charge is 2.17. The molecule has 1 aromatic heterocycles. The van der Waals surface area contributed by atoms with E-state index in [-0.39, 0.29) is 23.1 Å². The van der Waals surface area contributed by atoms with Gasteiger partial charge in [-0.15, -0.1) is 0 Å². The third-order valence-corrected chi connectivity index (χ3v) is 3.68. The maximum Gasteiger partial charge on any atom is 0.238 e. The Bertz CT molecular complexity index is 732. The van der Waals surface area contributed by atoms with Crippen molar-refractivity contribution < 1.29 is 17.5 Å². The van der Waals surface area contributed by atoms with E-state index in [0.717, 1.165) is 6.26 Å². The number of aromatic nitrogens is 1. The molecule has 0 radical (unpaired) electrons. The lowest BCUT2D eigenvalue weighted by Crippen LogP contribution is -2.03. The van der Waals surface area contributed by atoms with Gasteiger partial charge in [0.1, 0.15) is 4.90 Å². The largest absolute Gasteiger partial charge is 0.435 e. The highest BCUT2D eigenvalue weighted by molar-refractivity contribution is 7.90. The fourth-order valence-electron chi connectivity index (χ4n) is 1.59. The van der Waals surface area contributed by atoms with Crippen LogP contribution in [0.25, 0.3) is 0 Å². The summed E-state index contributed by atoms with van der Waals surface area (Å²) in [4.78, 5) is 3.74. The van der Waals surface area contributed by atoms with Crippen LogP contribution in [-0.2, 0) is 16.4 Å². The monoisotopic (exact) mass is 296 g/mol. The molecule has 0 spiro atoms. The van der Waals surface area contributed by atoms with Crippen molar-refractivity contribution in [3.63, 3.8) is 0 Å². The summed E-state index contributed by atoms with van der Waals surface area (Å²) in [6, 6.07) is 7.04. The van der Waals surface area contributed by atoms with Gasteiger partial charge in [0.25, 0.3) is 0 Å². The van der Waals surface area contributed by atoms with Crippen LogP contribution in [0, 0.1) is 5.82 Å². The number of halogens is 1. The van der Waals surface area contributed by atoms with E-state index in [4.69, 9.17) is 10.5 Å². The lowest BCUT2D eigenvalue weighted by molar-refractivity contribution is 0.415. The second-order valence-electron chi connectivity index (χ2n) is 4.15. The second-order valence-corrected chi connectivity index (χ2v) is 6.13. The molecule has 5 nitrogen and oxygen atoms in total. The number of hydrogen-bond donors (Lipinski definition) is 1. The van der Waals surface area contributed by atoms with Gasteiger partial charge < -0.3 is 10.5 Å². The van der Waals surface area contributed by atoms with E-state index in [1.54, 1.807) is 6.07 Å². The van der Waals surface area contributed by atoms with Gasteiger partial charge in [0.2, 0.25) is 5.88 Å². The first-order valence-corrected chi connectivity index (χ1v) is 7.62. The Morgan fingerprint density at radius 3 is 2.70 bits per heavy atom. The number of benzene rings is 1. The molecular formula is C13H13FN2O3S. The molecule has 0 aliphatic heterocycles. The molecule has 2 rings (SSSR count). The van der Waals surface area contributed by atoms with Gasteiger partial charge in [-0.25, -0.2) is 17.8 Å². The molecule has 0 saturated carbocycles. The van der Waals surface area contributed by atoms with Crippen molar-refractivity contribution in [3.8, 4) is 11.6 Å². The van der Waals surface area contributed by atoms with Crippen LogP contribution in [0.1, 0.15) is 5.56 Å². The zero-order valence-electron chi connectivity index (χ0n) is 10.7. The van der Waals surface area contributed by atoms with Crippen LogP contribution in [0.15, 0.2) is 41.4 Å². The molecule has 0 saturated heterocycles. The van der Waals surface area contributed by atoms with E-state index in [1.165, 1.54) is 30.5 Å². The van der Waals surface area contributed by atoms with E-state index < -0.39 is 15.7 Å². The Kier molecular flexibility index (Phi) is 4.01. The summed E-state index contributed by atoms with van der Waals surface area (Å²) < 4.78 is 42.3. The highest BCUT2D eigenvalue weighted by atomic mass is 32.2. The predicted molar refractivity (Wildman–Crippen MR) is 71.7 cm³/mol. The van der Waals surface area contributed by atoms with Crippen LogP contribution in [0.4, 0.5) is 4.39 Å².